The second-order valence-electron chi connectivity index (χ2n) is 12.0. The molecule has 0 aliphatic heterocycles. The molecule has 0 heterocycles. The SMILES string of the molecule is C#CC[C@@H](C)[C@H]1CC[C@H]2[C@@H]3C[C@H](OC(C)=O)[C@H]4C[C@@H](OC(C)=O)CC[C@]4(C)[C@H]3CC[C@]12C. The summed E-state index contributed by atoms with van der Waals surface area (Å²) in [7, 11) is 0. The standard InChI is InChI=1S/C28H42O4/c1-7-8-17(2)22-9-10-23-21-16-26(32-19(4)30)25-15-20(31-18(3)29)11-13-28(25,6)24(21)12-14-27(22,23)5/h1,17,20-26H,8-16H2,2-6H3/t17-,20+,21+,22-,23+,24+,25-,26+,27-,28-/m1/s1. The van der Waals surface area contributed by atoms with Gasteiger partial charge in [-0.05, 0) is 91.8 Å². The van der Waals surface area contributed by atoms with E-state index in [0.29, 0.717) is 35.0 Å². The Kier molecular flexibility index (Phi) is 6.43. The first-order chi connectivity index (χ1) is 15.1. The van der Waals surface area contributed by atoms with Crippen molar-refractivity contribution >= 4 is 11.9 Å². The molecule has 0 amide bonds. The number of esters is 2. The van der Waals surface area contributed by atoms with Gasteiger partial charge in [-0.1, -0.05) is 20.8 Å². The Morgan fingerprint density at radius 2 is 1.59 bits per heavy atom. The first-order valence-electron chi connectivity index (χ1n) is 12.9. The van der Waals surface area contributed by atoms with Crippen molar-refractivity contribution in [3.05, 3.63) is 0 Å². The highest BCUT2D eigenvalue weighted by molar-refractivity contribution is 5.66. The summed E-state index contributed by atoms with van der Waals surface area (Å²) in [5.41, 5.74) is 0.486. The van der Waals surface area contributed by atoms with Gasteiger partial charge in [0.2, 0.25) is 0 Å². The minimum atomic E-state index is -0.206. The van der Waals surface area contributed by atoms with Crippen LogP contribution < -0.4 is 0 Å². The Balaban J connectivity index is 1.62. The van der Waals surface area contributed by atoms with E-state index in [4.69, 9.17) is 15.9 Å². The summed E-state index contributed by atoms with van der Waals surface area (Å²) in [5, 5.41) is 0. The number of rotatable bonds is 4. The zero-order chi connectivity index (χ0) is 23.3. The molecule has 10 atom stereocenters. The van der Waals surface area contributed by atoms with Crippen LogP contribution in [0.4, 0.5) is 0 Å². The number of hydrogen-bond donors (Lipinski definition) is 0. The Labute approximate surface area is 194 Å². The fraction of sp³-hybridized carbons (Fsp3) is 0.857. The van der Waals surface area contributed by atoms with Gasteiger partial charge in [-0.15, -0.1) is 12.3 Å². The molecule has 0 aromatic heterocycles. The highest BCUT2D eigenvalue weighted by atomic mass is 16.5. The van der Waals surface area contributed by atoms with Crippen molar-refractivity contribution in [1.82, 2.24) is 0 Å². The maximum absolute atomic E-state index is 12.1. The molecule has 4 rings (SSSR count). The van der Waals surface area contributed by atoms with Crippen LogP contribution in [0.5, 0.6) is 0 Å². The van der Waals surface area contributed by atoms with E-state index in [1.807, 2.05) is 0 Å². The number of fused-ring (bicyclic) bond motifs is 5. The molecule has 4 aliphatic carbocycles. The van der Waals surface area contributed by atoms with Crippen LogP contribution in [0, 0.1) is 58.7 Å². The summed E-state index contributed by atoms with van der Waals surface area (Å²) in [6, 6.07) is 0. The van der Waals surface area contributed by atoms with Crippen LogP contribution in [0.3, 0.4) is 0 Å². The van der Waals surface area contributed by atoms with Crippen LogP contribution in [0.1, 0.15) is 92.4 Å². The van der Waals surface area contributed by atoms with E-state index in [0.717, 1.165) is 32.1 Å². The van der Waals surface area contributed by atoms with Gasteiger partial charge in [0.25, 0.3) is 0 Å². The van der Waals surface area contributed by atoms with Crippen LogP contribution in [0.25, 0.3) is 0 Å². The number of ether oxygens (including phenoxy) is 2. The molecule has 0 aromatic carbocycles. The van der Waals surface area contributed by atoms with Gasteiger partial charge in [-0.25, -0.2) is 0 Å². The Morgan fingerprint density at radius 3 is 2.25 bits per heavy atom. The number of carbonyl (C=O) groups is 2. The Hall–Kier alpha value is -1.50. The lowest BCUT2D eigenvalue weighted by atomic mass is 9.43. The molecule has 32 heavy (non-hydrogen) atoms. The smallest absolute Gasteiger partial charge is 0.302 e. The molecule has 4 aliphatic rings. The highest BCUT2D eigenvalue weighted by Crippen LogP contribution is 2.68. The molecular formula is C28H42O4. The summed E-state index contributed by atoms with van der Waals surface area (Å²) >= 11 is 0. The van der Waals surface area contributed by atoms with Gasteiger partial charge in [-0.2, -0.15) is 0 Å². The molecule has 0 spiro atoms. The van der Waals surface area contributed by atoms with Gasteiger partial charge in [0.15, 0.2) is 0 Å². The molecule has 178 valence electrons. The molecule has 4 nitrogen and oxygen atoms in total. The van der Waals surface area contributed by atoms with E-state index >= 15 is 0 Å². The third kappa shape index (κ3) is 3.88. The van der Waals surface area contributed by atoms with E-state index in [9.17, 15) is 9.59 Å². The monoisotopic (exact) mass is 442 g/mol. The van der Waals surface area contributed by atoms with E-state index < -0.39 is 0 Å². The molecule has 4 fully saturated rings. The fourth-order valence-corrected chi connectivity index (χ4v) is 9.22. The first-order valence-corrected chi connectivity index (χ1v) is 12.9. The lowest BCUT2D eigenvalue weighted by molar-refractivity contribution is -0.197. The predicted molar refractivity (Wildman–Crippen MR) is 124 cm³/mol. The molecule has 4 saturated carbocycles. The van der Waals surface area contributed by atoms with Crippen molar-refractivity contribution in [3.63, 3.8) is 0 Å². The lowest BCUT2D eigenvalue weighted by Gasteiger charge is -2.62. The summed E-state index contributed by atoms with van der Waals surface area (Å²) in [6.07, 6.45) is 15.3. The number of carbonyl (C=O) groups excluding carboxylic acids is 2. The van der Waals surface area contributed by atoms with Crippen LogP contribution in [0.15, 0.2) is 0 Å². The lowest BCUT2D eigenvalue weighted by Crippen LogP contribution is -2.59. The zero-order valence-corrected chi connectivity index (χ0v) is 20.7. The molecule has 0 aromatic rings. The molecular weight excluding hydrogens is 400 g/mol. The summed E-state index contributed by atoms with van der Waals surface area (Å²) < 4.78 is 11.6. The van der Waals surface area contributed by atoms with Crippen molar-refractivity contribution in [2.45, 2.75) is 105 Å². The maximum atomic E-state index is 12.1. The van der Waals surface area contributed by atoms with Crippen LogP contribution in [-0.4, -0.2) is 24.1 Å². The second kappa shape index (κ2) is 8.69. The molecule has 0 N–H and O–H groups in total. The van der Waals surface area contributed by atoms with Crippen molar-refractivity contribution in [2.75, 3.05) is 0 Å². The third-order valence-electron chi connectivity index (χ3n) is 10.5. The van der Waals surface area contributed by atoms with Gasteiger partial charge < -0.3 is 9.47 Å². The van der Waals surface area contributed by atoms with Crippen molar-refractivity contribution in [1.29, 1.82) is 0 Å². The minimum Gasteiger partial charge on any atom is -0.463 e. The van der Waals surface area contributed by atoms with Gasteiger partial charge in [-0.3, -0.25) is 9.59 Å². The van der Waals surface area contributed by atoms with Gasteiger partial charge >= 0.3 is 11.9 Å². The largest absolute Gasteiger partial charge is 0.463 e. The molecule has 0 bridgehead atoms. The fourth-order valence-electron chi connectivity index (χ4n) is 9.22. The van der Waals surface area contributed by atoms with E-state index in [2.05, 4.69) is 26.7 Å². The molecule has 0 saturated heterocycles. The summed E-state index contributed by atoms with van der Waals surface area (Å²) in [6.45, 7) is 10.4. The zero-order valence-electron chi connectivity index (χ0n) is 20.7. The average molecular weight is 443 g/mol. The third-order valence-corrected chi connectivity index (χ3v) is 10.5. The van der Waals surface area contributed by atoms with E-state index in [1.54, 1.807) is 0 Å². The predicted octanol–water partition coefficient (Wildman–Crippen LogP) is 5.78. The van der Waals surface area contributed by atoms with Crippen LogP contribution in [-0.2, 0) is 19.1 Å². The summed E-state index contributed by atoms with van der Waals surface area (Å²) in [4.78, 5) is 23.7. The van der Waals surface area contributed by atoms with Crippen LogP contribution in [0.2, 0.25) is 0 Å². The maximum Gasteiger partial charge on any atom is 0.302 e. The quantitative estimate of drug-likeness (QED) is 0.409. The van der Waals surface area contributed by atoms with Crippen molar-refractivity contribution < 1.29 is 19.1 Å². The molecule has 0 radical (unpaired) electrons. The van der Waals surface area contributed by atoms with E-state index in [-0.39, 0.29) is 35.5 Å². The summed E-state index contributed by atoms with van der Waals surface area (Å²) in [5.74, 6) is 6.01. The van der Waals surface area contributed by atoms with Crippen LogP contribution >= 0.6 is 0 Å². The topological polar surface area (TPSA) is 52.6 Å². The normalized spacial score (nSPS) is 46.1. The van der Waals surface area contributed by atoms with Gasteiger partial charge in [0.1, 0.15) is 12.2 Å². The van der Waals surface area contributed by atoms with Crippen molar-refractivity contribution in [3.8, 4) is 12.3 Å². The minimum absolute atomic E-state index is 0.0467. The Bertz CT molecular complexity index is 783. The first kappa shape index (κ1) is 23.7. The van der Waals surface area contributed by atoms with Gasteiger partial charge in [0.05, 0.1) is 0 Å². The number of terminal acetylenes is 1. The van der Waals surface area contributed by atoms with E-state index in [1.165, 1.54) is 39.5 Å². The average Bonchev–Trinajstić information content (AvgIpc) is 3.06. The number of hydrogen-bond acceptors (Lipinski definition) is 4. The van der Waals surface area contributed by atoms with Crippen molar-refractivity contribution in [2.24, 2.45) is 46.3 Å². The Morgan fingerprint density at radius 1 is 0.938 bits per heavy atom. The highest BCUT2D eigenvalue weighted by Gasteiger charge is 2.63. The molecule has 4 heteroatoms. The second-order valence-corrected chi connectivity index (χ2v) is 12.0. The molecule has 0 unspecified atom stereocenters. The van der Waals surface area contributed by atoms with Gasteiger partial charge in [0, 0.05) is 26.2 Å².